The SMILES string of the molecule is CC(=O)N[C@H]1[C@@H](O[C@H]2[C@@H](O)[C@@H](CO)O[C@@H](O[C@H]3[C@H](O[C@@H]4O[C@@H](C)[C@@H](O)[C@@H](O)[C@@H]4O)[C@@H](NC(C)=O)C(O)O[C@@H]3CO)[C@@H]2O)O[C@H](CO)[C@H](O)[C@@H]1O. The van der Waals surface area contributed by atoms with Crippen molar-refractivity contribution in [3.63, 3.8) is 0 Å². The van der Waals surface area contributed by atoms with Gasteiger partial charge in [-0.3, -0.25) is 9.59 Å². The van der Waals surface area contributed by atoms with Gasteiger partial charge in [0.25, 0.3) is 0 Å². The molecule has 0 aromatic carbocycles. The Labute approximate surface area is 285 Å². The summed E-state index contributed by atoms with van der Waals surface area (Å²) in [5.74, 6) is -1.40. The Balaban J connectivity index is 1.65. The first-order valence-corrected chi connectivity index (χ1v) is 15.9. The van der Waals surface area contributed by atoms with Gasteiger partial charge in [0.2, 0.25) is 11.8 Å². The molecule has 0 aliphatic carbocycles. The van der Waals surface area contributed by atoms with Crippen molar-refractivity contribution in [2.75, 3.05) is 19.8 Å². The first kappa shape index (κ1) is 41.0. The second-order valence-electron chi connectivity index (χ2n) is 12.6. The van der Waals surface area contributed by atoms with Crippen LogP contribution in [-0.4, -0.2) is 211 Å². The van der Waals surface area contributed by atoms with Gasteiger partial charge in [-0.15, -0.1) is 0 Å². The number of hydrogen-bond donors (Lipinski definition) is 13. The maximum absolute atomic E-state index is 12.1. The molecule has 4 aliphatic heterocycles. The van der Waals surface area contributed by atoms with Crippen molar-refractivity contribution in [2.24, 2.45) is 0 Å². The number of carbonyl (C=O) groups is 2. The van der Waals surface area contributed by atoms with E-state index in [1.165, 1.54) is 6.92 Å². The van der Waals surface area contributed by atoms with Gasteiger partial charge in [0, 0.05) is 13.8 Å². The summed E-state index contributed by atoms with van der Waals surface area (Å²) in [6, 6.07) is -3.03. The van der Waals surface area contributed by atoms with Crippen molar-refractivity contribution in [2.45, 2.75) is 143 Å². The molecule has 0 spiro atoms. The van der Waals surface area contributed by atoms with E-state index in [1.807, 2.05) is 0 Å². The van der Waals surface area contributed by atoms with Crippen molar-refractivity contribution in [1.29, 1.82) is 0 Å². The van der Waals surface area contributed by atoms with Crippen LogP contribution in [0.3, 0.4) is 0 Å². The van der Waals surface area contributed by atoms with E-state index in [4.69, 9.17) is 33.2 Å². The molecule has 20 atom stereocenters. The highest BCUT2D eigenvalue weighted by molar-refractivity contribution is 5.73. The lowest BCUT2D eigenvalue weighted by atomic mass is 9.94. The number of ether oxygens (including phenoxy) is 7. The predicted molar refractivity (Wildman–Crippen MR) is 156 cm³/mol. The zero-order valence-corrected chi connectivity index (χ0v) is 27.3. The summed E-state index contributed by atoms with van der Waals surface area (Å²) in [7, 11) is 0. The second kappa shape index (κ2) is 17.4. The number of aliphatic hydroxyl groups is 11. The minimum atomic E-state index is -2.04. The molecular weight excluding hydrogens is 684 g/mol. The molecule has 22 heteroatoms. The summed E-state index contributed by atoms with van der Waals surface area (Å²) in [5.41, 5.74) is 0. The van der Waals surface area contributed by atoms with Crippen molar-refractivity contribution in [3.8, 4) is 0 Å². The topological polar surface area (TPSA) is 345 Å². The number of aliphatic hydroxyl groups excluding tert-OH is 11. The van der Waals surface area contributed by atoms with E-state index in [-0.39, 0.29) is 0 Å². The van der Waals surface area contributed by atoms with E-state index in [1.54, 1.807) is 0 Å². The van der Waals surface area contributed by atoms with Crippen LogP contribution in [0, 0.1) is 0 Å². The molecule has 4 aliphatic rings. The smallest absolute Gasteiger partial charge is 0.217 e. The molecule has 0 bridgehead atoms. The third kappa shape index (κ3) is 8.70. The lowest BCUT2D eigenvalue weighted by Gasteiger charge is -2.50. The Hall–Kier alpha value is -1.78. The lowest BCUT2D eigenvalue weighted by molar-refractivity contribution is -0.381. The van der Waals surface area contributed by atoms with Gasteiger partial charge in [0.1, 0.15) is 91.4 Å². The number of rotatable bonds is 11. The van der Waals surface area contributed by atoms with Gasteiger partial charge in [-0.05, 0) is 6.92 Å². The van der Waals surface area contributed by atoms with Crippen molar-refractivity contribution >= 4 is 11.8 Å². The van der Waals surface area contributed by atoms with Gasteiger partial charge >= 0.3 is 0 Å². The van der Waals surface area contributed by atoms with Gasteiger partial charge in [-0.2, -0.15) is 0 Å². The Morgan fingerprint density at radius 3 is 1.60 bits per heavy atom. The van der Waals surface area contributed by atoms with E-state index in [9.17, 15) is 65.8 Å². The molecule has 4 rings (SSSR count). The Morgan fingerprint density at radius 1 is 0.520 bits per heavy atom. The molecular formula is C28H48N2O20. The zero-order valence-electron chi connectivity index (χ0n) is 27.3. The number of nitrogens with one attached hydrogen (secondary N) is 2. The van der Waals surface area contributed by atoms with Crippen LogP contribution in [0.15, 0.2) is 0 Å². The summed E-state index contributed by atoms with van der Waals surface area (Å²) in [6.07, 6.45) is -30.4. The number of amides is 2. The predicted octanol–water partition coefficient (Wildman–Crippen LogP) is -8.43. The second-order valence-corrected chi connectivity index (χ2v) is 12.6. The monoisotopic (exact) mass is 732 g/mol. The van der Waals surface area contributed by atoms with Gasteiger partial charge < -0.3 is 100.0 Å². The van der Waals surface area contributed by atoms with Gasteiger partial charge in [-0.1, -0.05) is 0 Å². The molecule has 0 saturated carbocycles. The van der Waals surface area contributed by atoms with E-state index in [0.29, 0.717) is 0 Å². The van der Waals surface area contributed by atoms with Crippen LogP contribution in [-0.2, 0) is 42.7 Å². The molecule has 22 nitrogen and oxygen atoms in total. The quantitative estimate of drug-likeness (QED) is 0.0938. The summed E-state index contributed by atoms with van der Waals surface area (Å²) in [6.45, 7) is 0.960. The van der Waals surface area contributed by atoms with Crippen LogP contribution in [0.25, 0.3) is 0 Å². The maximum atomic E-state index is 12.1. The van der Waals surface area contributed by atoms with Gasteiger partial charge in [-0.25, -0.2) is 0 Å². The fourth-order valence-corrected chi connectivity index (χ4v) is 6.28. The first-order valence-electron chi connectivity index (χ1n) is 15.9. The minimum Gasteiger partial charge on any atom is -0.394 e. The summed E-state index contributed by atoms with van der Waals surface area (Å²) >= 11 is 0. The molecule has 4 heterocycles. The van der Waals surface area contributed by atoms with E-state index in [0.717, 1.165) is 13.8 Å². The van der Waals surface area contributed by atoms with E-state index >= 15 is 0 Å². The summed E-state index contributed by atoms with van der Waals surface area (Å²) in [4.78, 5) is 24.0. The fraction of sp³-hybridized carbons (Fsp3) is 0.929. The van der Waals surface area contributed by atoms with Crippen LogP contribution in [0.5, 0.6) is 0 Å². The van der Waals surface area contributed by atoms with Crippen molar-refractivity contribution in [3.05, 3.63) is 0 Å². The van der Waals surface area contributed by atoms with E-state index < -0.39 is 154 Å². The summed E-state index contributed by atoms with van der Waals surface area (Å²) in [5, 5.41) is 120. The van der Waals surface area contributed by atoms with Crippen LogP contribution in [0.1, 0.15) is 20.8 Å². The summed E-state index contributed by atoms with van der Waals surface area (Å²) < 4.78 is 39.9. The Bertz CT molecular complexity index is 1130. The molecule has 2 amide bonds. The third-order valence-electron chi connectivity index (χ3n) is 8.97. The Kier molecular flexibility index (Phi) is 14.2. The molecule has 50 heavy (non-hydrogen) atoms. The molecule has 0 radical (unpaired) electrons. The number of hydrogen-bond acceptors (Lipinski definition) is 20. The highest BCUT2D eigenvalue weighted by Crippen LogP contribution is 2.34. The van der Waals surface area contributed by atoms with Crippen molar-refractivity contribution < 1.29 is 98.9 Å². The molecule has 0 aromatic heterocycles. The first-order chi connectivity index (χ1) is 23.5. The third-order valence-corrected chi connectivity index (χ3v) is 8.97. The molecule has 13 N–H and O–H groups in total. The zero-order chi connectivity index (χ0) is 37.2. The molecule has 4 saturated heterocycles. The normalized spacial score (nSPS) is 48.5. The largest absolute Gasteiger partial charge is 0.394 e. The van der Waals surface area contributed by atoms with Crippen LogP contribution < -0.4 is 10.6 Å². The fourth-order valence-electron chi connectivity index (χ4n) is 6.28. The van der Waals surface area contributed by atoms with Crippen LogP contribution in [0.2, 0.25) is 0 Å². The molecule has 1 unspecified atom stereocenters. The Morgan fingerprint density at radius 2 is 1.02 bits per heavy atom. The van der Waals surface area contributed by atoms with Crippen molar-refractivity contribution in [1.82, 2.24) is 10.6 Å². The standard InChI is InChI=1S/C28H48N2O20/c1-7-15(36)19(40)20(41)27(44-7)49-23-14(30-9(3)35)25(43)45-12(6-33)22(23)48-28-21(42)24(17(38)11(5-32)47-28)50-26-13(29-8(2)34)18(39)16(37)10(4-31)46-26/h7,10-28,31-33,36-43H,4-6H2,1-3H3,(H,29,34)(H,30,35)/t7-,10+,11+,12+,13+,14+,15+,16-,17-,18+,19+,20-,21+,22+,23+,24-,25?,26+,27-,28-/m0/s1. The molecule has 0 aromatic rings. The molecule has 4 fully saturated rings. The van der Waals surface area contributed by atoms with Gasteiger partial charge in [0.05, 0.1) is 25.9 Å². The van der Waals surface area contributed by atoms with Gasteiger partial charge in [0.15, 0.2) is 25.2 Å². The van der Waals surface area contributed by atoms with Crippen LogP contribution in [0.4, 0.5) is 0 Å². The van der Waals surface area contributed by atoms with Crippen LogP contribution >= 0.6 is 0 Å². The van der Waals surface area contributed by atoms with E-state index in [2.05, 4.69) is 10.6 Å². The average Bonchev–Trinajstić information content (AvgIpc) is 3.06. The minimum absolute atomic E-state index is 0.693. The number of carbonyl (C=O) groups excluding carboxylic acids is 2. The molecule has 290 valence electrons. The lowest BCUT2D eigenvalue weighted by Crippen LogP contribution is -2.70. The highest BCUT2D eigenvalue weighted by atomic mass is 16.8. The maximum Gasteiger partial charge on any atom is 0.217 e. The average molecular weight is 733 g/mol. The highest BCUT2D eigenvalue weighted by Gasteiger charge is 2.56.